The summed E-state index contributed by atoms with van der Waals surface area (Å²) >= 11 is 6.84. The second-order valence-corrected chi connectivity index (χ2v) is 7.68. The van der Waals surface area contributed by atoms with Crippen molar-refractivity contribution in [3.8, 4) is 0 Å². The van der Waals surface area contributed by atoms with Crippen molar-refractivity contribution in [2.45, 2.75) is 27.4 Å². The van der Waals surface area contributed by atoms with Gasteiger partial charge in [-0.15, -0.1) is 4.68 Å². The van der Waals surface area contributed by atoms with E-state index in [1.165, 1.54) is 15.5 Å². The number of nitrogens with one attached hydrogen (secondary N) is 1. The number of aromatic nitrogens is 3. The van der Waals surface area contributed by atoms with Crippen LogP contribution in [-0.2, 0) is 13.1 Å². The largest absolute Gasteiger partial charge is 0.345 e. The van der Waals surface area contributed by atoms with Gasteiger partial charge in [0.1, 0.15) is 6.54 Å². The predicted octanol–water partition coefficient (Wildman–Crippen LogP) is 1.31. The maximum absolute atomic E-state index is 4.65. The lowest BCUT2D eigenvalue weighted by Crippen LogP contribution is -2.41. The minimum Gasteiger partial charge on any atom is -0.294 e. The maximum Gasteiger partial charge on any atom is 0.345 e. The number of hydrogen-bond acceptors (Lipinski definition) is 3. The van der Waals surface area contributed by atoms with Crippen LogP contribution >= 0.6 is 56.9 Å². The van der Waals surface area contributed by atoms with Gasteiger partial charge in [0.15, 0.2) is 0 Å². The molecule has 4 nitrogen and oxygen atoms in total. The van der Waals surface area contributed by atoms with E-state index in [0.29, 0.717) is 9.17 Å². The predicted molar refractivity (Wildman–Crippen MR) is 77.3 cm³/mol. The molecule has 0 aliphatic carbocycles. The lowest BCUT2D eigenvalue weighted by molar-refractivity contribution is -0.713. The Morgan fingerprint density at radius 3 is 3.33 bits per heavy atom. The standard InChI is InChI=1S/C8H10I2N4S/c9-1-6-4-13-7-11-2-5(10)3-14(7)12-8(13)15-6/h5-6H,1-4H2/p+1. The van der Waals surface area contributed by atoms with Crippen LogP contribution < -0.4 is 9.88 Å². The molecule has 0 spiro atoms. The van der Waals surface area contributed by atoms with E-state index in [-0.39, 0.29) is 0 Å². The van der Waals surface area contributed by atoms with Crippen molar-refractivity contribution < 1.29 is 4.57 Å². The summed E-state index contributed by atoms with van der Waals surface area (Å²) < 4.78 is 6.30. The van der Waals surface area contributed by atoms with Crippen LogP contribution in [0, 0.1) is 0 Å². The second kappa shape index (κ2) is 4.21. The molecule has 0 amide bonds. The highest BCUT2D eigenvalue weighted by molar-refractivity contribution is 14.1. The van der Waals surface area contributed by atoms with Gasteiger partial charge in [0.25, 0.3) is 0 Å². The molecule has 0 saturated carbocycles. The van der Waals surface area contributed by atoms with Crippen LogP contribution in [0.2, 0.25) is 0 Å². The fraction of sp³-hybridized carbons (Fsp3) is 0.750. The summed E-state index contributed by atoms with van der Waals surface area (Å²) in [5.41, 5.74) is 0. The first-order valence-corrected chi connectivity index (χ1v) is 8.54. The van der Waals surface area contributed by atoms with Crippen LogP contribution in [0.15, 0.2) is 5.16 Å². The van der Waals surface area contributed by atoms with E-state index in [0.717, 1.165) is 19.6 Å². The zero-order valence-electron chi connectivity index (χ0n) is 7.99. The number of fused-ring (bicyclic) bond motifs is 3. The first-order valence-electron chi connectivity index (χ1n) is 4.89. The molecule has 1 aromatic heterocycles. The third-order valence-corrected chi connectivity index (χ3v) is 6.28. The number of nitrogens with zero attached hydrogens (tertiary/aromatic N) is 3. The summed E-state index contributed by atoms with van der Waals surface area (Å²) in [6.45, 7) is 3.21. The molecule has 2 aliphatic rings. The fourth-order valence-corrected chi connectivity index (χ4v) is 4.35. The highest BCUT2D eigenvalue weighted by atomic mass is 127. The Balaban J connectivity index is 1.93. The maximum atomic E-state index is 4.65. The van der Waals surface area contributed by atoms with Crippen LogP contribution in [-0.4, -0.2) is 29.9 Å². The van der Waals surface area contributed by atoms with E-state index in [1.807, 2.05) is 11.8 Å². The monoisotopic (exact) mass is 449 g/mol. The van der Waals surface area contributed by atoms with Gasteiger partial charge in [-0.05, 0) is 0 Å². The minimum absolute atomic E-state index is 0.654. The average Bonchev–Trinajstić information content (AvgIpc) is 2.73. The minimum atomic E-state index is 0.654. The molecule has 0 radical (unpaired) electrons. The molecule has 2 atom stereocenters. The summed E-state index contributed by atoms with van der Waals surface area (Å²) in [6.07, 6.45) is 0. The van der Waals surface area contributed by atoms with Gasteiger partial charge >= 0.3 is 11.1 Å². The van der Waals surface area contributed by atoms with E-state index in [4.69, 9.17) is 0 Å². The second-order valence-electron chi connectivity index (χ2n) is 3.77. The SMILES string of the molecule is ICC1C[n+]2c(nn3c2NCC(I)C3)S1. The van der Waals surface area contributed by atoms with Gasteiger partial charge in [0.05, 0.1) is 22.3 Å². The number of thioether (sulfide) groups is 1. The molecule has 1 aromatic rings. The van der Waals surface area contributed by atoms with Crippen LogP contribution in [0.1, 0.15) is 0 Å². The highest BCUT2D eigenvalue weighted by Crippen LogP contribution is 2.29. The smallest absolute Gasteiger partial charge is 0.294 e. The Hall–Kier alpha value is 0.750. The van der Waals surface area contributed by atoms with E-state index in [9.17, 15) is 0 Å². The van der Waals surface area contributed by atoms with Gasteiger partial charge < -0.3 is 0 Å². The van der Waals surface area contributed by atoms with Gasteiger partial charge in [-0.25, -0.2) is 4.57 Å². The van der Waals surface area contributed by atoms with E-state index >= 15 is 0 Å². The number of anilines is 1. The van der Waals surface area contributed by atoms with E-state index in [1.54, 1.807) is 0 Å². The van der Waals surface area contributed by atoms with Crippen molar-refractivity contribution in [2.24, 2.45) is 0 Å². The Morgan fingerprint density at radius 2 is 2.53 bits per heavy atom. The number of hydrogen-bond donors (Lipinski definition) is 1. The Labute approximate surface area is 120 Å². The van der Waals surface area contributed by atoms with Crippen molar-refractivity contribution in [3.63, 3.8) is 0 Å². The first kappa shape index (κ1) is 10.9. The molecule has 0 bridgehead atoms. The molecule has 2 unspecified atom stereocenters. The fourth-order valence-electron chi connectivity index (χ4n) is 1.92. The molecule has 0 aromatic carbocycles. The molecule has 15 heavy (non-hydrogen) atoms. The zero-order valence-corrected chi connectivity index (χ0v) is 13.1. The number of alkyl halides is 2. The molecule has 1 N–H and O–H groups in total. The summed E-state index contributed by atoms with van der Waals surface area (Å²) in [4.78, 5) is 0. The molecule has 0 fully saturated rings. The summed E-state index contributed by atoms with van der Waals surface area (Å²) in [5, 5.41) is 10.0. The van der Waals surface area contributed by atoms with Crippen LogP contribution in [0.5, 0.6) is 0 Å². The van der Waals surface area contributed by atoms with Crippen molar-refractivity contribution >= 4 is 62.9 Å². The van der Waals surface area contributed by atoms with Crippen molar-refractivity contribution in [1.29, 1.82) is 0 Å². The van der Waals surface area contributed by atoms with E-state index < -0.39 is 0 Å². The highest BCUT2D eigenvalue weighted by Gasteiger charge is 2.36. The number of halogens is 2. The zero-order chi connectivity index (χ0) is 10.4. The van der Waals surface area contributed by atoms with Crippen LogP contribution in [0.4, 0.5) is 5.95 Å². The third kappa shape index (κ3) is 1.88. The van der Waals surface area contributed by atoms with Crippen LogP contribution in [0.25, 0.3) is 0 Å². The molecular weight excluding hydrogens is 438 g/mol. The van der Waals surface area contributed by atoms with Gasteiger partial charge in [-0.3, -0.25) is 5.32 Å². The molecular formula is C8H11I2N4S+. The lowest BCUT2D eigenvalue weighted by atomic mass is 10.4. The molecule has 2 aliphatic heterocycles. The first-order chi connectivity index (χ1) is 7.28. The van der Waals surface area contributed by atoms with Gasteiger partial charge in [-0.1, -0.05) is 56.9 Å². The summed E-state index contributed by atoms with van der Waals surface area (Å²) in [7, 11) is 0. The molecule has 3 heterocycles. The van der Waals surface area contributed by atoms with Gasteiger partial charge in [0, 0.05) is 9.53 Å². The quantitative estimate of drug-likeness (QED) is 0.399. The summed E-state index contributed by atoms with van der Waals surface area (Å²) in [6, 6.07) is 0. The average molecular weight is 449 g/mol. The Bertz CT molecular complexity index is 394. The topological polar surface area (TPSA) is 33.7 Å². The lowest BCUT2D eigenvalue weighted by Gasteiger charge is -2.14. The Morgan fingerprint density at radius 1 is 1.67 bits per heavy atom. The molecule has 3 rings (SSSR count). The molecule has 82 valence electrons. The van der Waals surface area contributed by atoms with Gasteiger partial charge in [-0.2, -0.15) is 0 Å². The molecule has 7 heteroatoms. The van der Waals surface area contributed by atoms with Crippen molar-refractivity contribution in [2.75, 3.05) is 16.3 Å². The van der Waals surface area contributed by atoms with E-state index in [2.05, 4.69) is 64.8 Å². The van der Waals surface area contributed by atoms with Gasteiger partial charge in [0.2, 0.25) is 0 Å². The molecule has 0 saturated heterocycles. The number of rotatable bonds is 1. The normalized spacial score (nSPS) is 28.4. The summed E-state index contributed by atoms with van der Waals surface area (Å²) in [5.74, 6) is 1.21. The Kier molecular flexibility index (Phi) is 3.05. The van der Waals surface area contributed by atoms with Crippen molar-refractivity contribution in [1.82, 2.24) is 9.78 Å². The van der Waals surface area contributed by atoms with Crippen molar-refractivity contribution in [3.05, 3.63) is 0 Å². The van der Waals surface area contributed by atoms with Crippen LogP contribution in [0.3, 0.4) is 0 Å². The third-order valence-electron chi connectivity index (χ3n) is 2.62.